The fraction of sp³-hybridized carbons (Fsp3) is 1.00. The molecule has 2 atom stereocenters. The maximum Gasteiger partial charge on any atom is 0.109 e. The highest BCUT2D eigenvalue weighted by Crippen LogP contribution is 2.46. The van der Waals surface area contributed by atoms with Crippen molar-refractivity contribution < 1.29 is 3.07 Å². The first-order valence-electron chi connectivity index (χ1n) is 4.74. The van der Waals surface area contributed by atoms with Crippen molar-refractivity contribution in [3.8, 4) is 0 Å². The van der Waals surface area contributed by atoms with Gasteiger partial charge in [0.1, 0.15) is 23.0 Å². The summed E-state index contributed by atoms with van der Waals surface area (Å²) < 4.78 is 5.33. The van der Waals surface area contributed by atoms with Crippen molar-refractivity contribution in [3.05, 3.63) is 0 Å². The van der Waals surface area contributed by atoms with Crippen LogP contribution in [0.5, 0.6) is 0 Å². The normalized spacial score (nSPS) is 42.0. The molecule has 3 heteroatoms. The van der Waals surface area contributed by atoms with Crippen LogP contribution >= 0.6 is 23.0 Å². The van der Waals surface area contributed by atoms with Gasteiger partial charge in [0, 0.05) is 5.54 Å². The Morgan fingerprint density at radius 1 is 1.58 bits per heavy atom. The third-order valence-corrected chi connectivity index (χ3v) is 4.11. The molecular formula is C9H16INO. The number of hydrogen-bond donors (Lipinski definition) is 0. The molecule has 1 saturated heterocycles. The van der Waals surface area contributed by atoms with Crippen LogP contribution in [-0.4, -0.2) is 30.6 Å². The predicted molar refractivity (Wildman–Crippen MR) is 57.3 cm³/mol. The van der Waals surface area contributed by atoms with E-state index in [4.69, 9.17) is 3.07 Å². The van der Waals surface area contributed by atoms with E-state index in [2.05, 4.69) is 11.9 Å². The fourth-order valence-electron chi connectivity index (χ4n) is 3.01. The van der Waals surface area contributed by atoms with E-state index < -0.39 is 0 Å². The first-order chi connectivity index (χ1) is 5.79. The zero-order chi connectivity index (χ0) is 8.60. The van der Waals surface area contributed by atoms with Crippen LogP contribution in [0.25, 0.3) is 0 Å². The lowest BCUT2D eigenvalue weighted by atomic mass is 9.89. The van der Waals surface area contributed by atoms with Crippen LogP contribution < -0.4 is 0 Å². The van der Waals surface area contributed by atoms with Gasteiger partial charge in [-0.15, -0.1) is 0 Å². The third kappa shape index (κ3) is 1.21. The van der Waals surface area contributed by atoms with Gasteiger partial charge in [-0.3, -0.25) is 4.90 Å². The van der Waals surface area contributed by atoms with Crippen LogP contribution in [0, 0.1) is 5.92 Å². The van der Waals surface area contributed by atoms with Crippen LogP contribution in [0.2, 0.25) is 0 Å². The second-order valence-electron chi connectivity index (χ2n) is 4.16. The summed E-state index contributed by atoms with van der Waals surface area (Å²) in [6.07, 6.45) is 5.55. The Balaban J connectivity index is 2.15. The van der Waals surface area contributed by atoms with Gasteiger partial charge in [0.15, 0.2) is 0 Å². The summed E-state index contributed by atoms with van der Waals surface area (Å²) in [5.41, 5.74) is 0.418. The van der Waals surface area contributed by atoms with Crippen molar-refractivity contribution >= 4 is 23.0 Å². The molecule has 2 unspecified atom stereocenters. The first kappa shape index (κ1) is 9.21. The molecule has 2 fully saturated rings. The fourth-order valence-corrected chi connectivity index (χ4v) is 3.55. The van der Waals surface area contributed by atoms with E-state index in [1.807, 2.05) is 23.0 Å². The van der Waals surface area contributed by atoms with Crippen molar-refractivity contribution in [1.82, 2.24) is 4.90 Å². The number of likely N-dealkylation sites (tertiary alicyclic amines) is 1. The highest BCUT2D eigenvalue weighted by Gasteiger charge is 2.49. The lowest BCUT2D eigenvalue weighted by molar-refractivity contribution is 0.101. The average molecular weight is 281 g/mol. The minimum Gasteiger partial charge on any atom is -0.314 e. The molecule has 2 aliphatic rings. The van der Waals surface area contributed by atoms with E-state index in [0.29, 0.717) is 5.54 Å². The summed E-state index contributed by atoms with van der Waals surface area (Å²) in [5, 5.41) is 0. The molecule has 1 aliphatic heterocycles. The van der Waals surface area contributed by atoms with Gasteiger partial charge in [-0.05, 0) is 38.8 Å². The molecular weight excluding hydrogens is 265 g/mol. The average Bonchev–Trinajstić information content (AvgIpc) is 2.55. The van der Waals surface area contributed by atoms with E-state index in [1.165, 1.54) is 32.2 Å². The van der Waals surface area contributed by atoms with Gasteiger partial charge in [0.2, 0.25) is 0 Å². The second-order valence-corrected chi connectivity index (χ2v) is 4.78. The lowest BCUT2D eigenvalue weighted by Crippen LogP contribution is -2.46. The van der Waals surface area contributed by atoms with Crippen LogP contribution in [0.15, 0.2) is 0 Å². The smallest absolute Gasteiger partial charge is 0.109 e. The summed E-state index contributed by atoms with van der Waals surface area (Å²) in [4.78, 5) is 2.52. The Morgan fingerprint density at radius 3 is 3.17 bits per heavy atom. The van der Waals surface area contributed by atoms with Gasteiger partial charge in [0.25, 0.3) is 0 Å². The quantitative estimate of drug-likeness (QED) is 0.720. The Bertz CT molecular complexity index is 176. The Labute approximate surface area is 88.3 Å². The summed E-state index contributed by atoms with van der Waals surface area (Å²) in [5.74, 6) is 0.914. The highest BCUT2D eigenvalue weighted by atomic mass is 127. The molecule has 0 aromatic rings. The van der Waals surface area contributed by atoms with Crippen LogP contribution in [0.4, 0.5) is 0 Å². The molecule has 0 aromatic heterocycles. The number of rotatable bonds is 2. The van der Waals surface area contributed by atoms with E-state index in [-0.39, 0.29) is 0 Å². The van der Waals surface area contributed by atoms with Crippen molar-refractivity contribution in [3.63, 3.8) is 0 Å². The number of nitrogens with zero attached hydrogens (tertiary/aromatic N) is 1. The van der Waals surface area contributed by atoms with Gasteiger partial charge in [-0.1, -0.05) is 6.42 Å². The molecule has 1 saturated carbocycles. The third-order valence-electron chi connectivity index (χ3n) is 3.80. The summed E-state index contributed by atoms with van der Waals surface area (Å²) in [6, 6.07) is 0. The van der Waals surface area contributed by atoms with E-state index in [0.717, 1.165) is 12.5 Å². The molecule has 1 heterocycles. The number of likely N-dealkylation sites (N-methyl/N-ethyl adjacent to an activating group) is 1. The van der Waals surface area contributed by atoms with Crippen molar-refractivity contribution in [2.75, 3.05) is 20.2 Å². The number of hydrogen-bond acceptors (Lipinski definition) is 2. The minimum absolute atomic E-state index is 0.418. The van der Waals surface area contributed by atoms with Gasteiger partial charge < -0.3 is 3.07 Å². The zero-order valence-corrected chi connectivity index (χ0v) is 9.71. The standard InChI is InChI=1S/C9H16INO/c1-11-6-4-8-3-2-5-9(8,11)7-12-10/h8H,2-7H2,1H3. The monoisotopic (exact) mass is 281 g/mol. The molecule has 0 N–H and O–H groups in total. The predicted octanol–water partition coefficient (Wildman–Crippen LogP) is 2.23. The minimum atomic E-state index is 0.418. The largest absolute Gasteiger partial charge is 0.314 e. The molecule has 70 valence electrons. The highest BCUT2D eigenvalue weighted by molar-refractivity contribution is 14.1. The lowest BCUT2D eigenvalue weighted by Gasteiger charge is -2.35. The SMILES string of the molecule is CN1CCC2CCCC21COI. The zero-order valence-electron chi connectivity index (χ0n) is 7.55. The maximum absolute atomic E-state index is 5.33. The van der Waals surface area contributed by atoms with Crippen molar-refractivity contribution in [1.29, 1.82) is 0 Å². The van der Waals surface area contributed by atoms with Crippen LogP contribution in [0.3, 0.4) is 0 Å². The number of fused-ring (bicyclic) bond motifs is 1. The number of halogens is 1. The molecule has 1 aliphatic carbocycles. The Hall–Kier alpha value is 0.650. The first-order valence-corrected chi connectivity index (χ1v) is 5.62. The van der Waals surface area contributed by atoms with E-state index in [1.54, 1.807) is 0 Å². The van der Waals surface area contributed by atoms with E-state index >= 15 is 0 Å². The molecule has 2 rings (SSSR count). The molecule has 12 heavy (non-hydrogen) atoms. The van der Waals surface area contributed by atoms with Gasteiger partial charge >= 0.3 is 0 Å². The van der Waals surface area contributed by atoms with Gasteiger partial charge in [-0.2, -0.15) is 0 Å². The van der Waals surface area contributed by atoms with Crippen LogP contribution in [0.1, 0.15) is 25.7 Å². The molecule has 0 spiro atoms. The molecule has 0 bridgehead atoms. The summed E-state index contributed by atoms with van der Waals surface area (Å²) >= 11 is 2.03. The summed E-state index contributed by atoms with van der Waals surface area (Å²) in [7, 11) is 2.25. The second kappa shape index (κ2) is 3.42. The van der Waals surface area contributed by atoms with Crippen molar-refractivity contribution in [2.45, 2.75) is 31.2 Å². The van der Waals surface area contributed by atoms with Gasteiger partial charge in [0.05, 0.1) is 6.61 Å². The van der Waals surface area contributed by atoms with Crippen LogP contribution in [-0.2, 0) is 3.07 Å². The summed E-state index contributed by atoms with van der Waals surface area (Å²) in [6.45, 7) is 2.19. The van der Waals surface area contributed by atoms with Crippen molar-refractivity contribution in [2.24, 2.45) is 5.92 Å². The maximum atomic E-state index is 5.33. The molecule has 0 radical (unpaired) electrons. The molecule has 2 nitrogen and oxygen atoms in total. The van der Waals surface area contributed by atoms with Gasteiger partial charge in [-0.25, -0.2) is 0 Å². The Morgan fingerprint density at radius 2 is 2.42 bits per heavy atom. The molecule has 0 aromatic carbocycles. The Kier molecular flexibility index (Phi) is 2.63. The molecule has 0 amide bonds. The topological polar surface area (TPSA) is 12.5 Å². The van der Waals surface area contributed by atoms with E-state index in [9.17, 15) is 0 Å².